The van der Waals surface area contributed by atoms with Gasteiger partial charge >= 0.3 is 0 Å². The van der Waals surface area contributed by atoms with E-state index in [4.69, 9.17) is 0 Å². The Morgan fingerprint density at radius 3 is 2.26 bits per heavy atom. The normalized spacial score (nSPS) is 11.8. The van der Waals surface area contributed by atoms with Crippen LogP contribution in [0.2, 0.25) is 0 Å². The van der Waals surface area contributed by atoms with E-state index in [0.717, 1.165) is 27.8 Å². The van der Waals surface area contributed by atoms with E-state index in [1.54, 1.807) is 4.52 Å². The predicted molar refractivity (Wildman–Crippen MR) is 136 cm³/mol. The summed E-state index contributed by atoms with van der Waals surface area (Å²) in [6.07, 6.45) is 0.999. The number of aliphatic hydroxyl groups excluding tert-OH is 1. The fourth-order valence-corrected chi connectivity index (χ4v) is 3.94. The Bertz CT molecular complexity index is 1420. The second kappa shape index (κ2) is 10.2. The molecule has 0 spiro atoms. The maximum atomic E-state index is 12.9. The fourth-order valence-electron chi connectivity index (χ4n) is 3.94. The molecule has 0 bridgehead atoms. The molecule has 7 heteroatoms. The number of amides is 1. The number of nitrogens with zero attached hydrogens (tertiary/aromatic N) is 3. The van der Waals surface area contributed by atoms with Crippen LogP contribution in [0, 0.1) is 0 Å². The van der Waals surface area contributed by atoms with Crippen LogP contribution in [-0.2, 0) is 6.54 Å². The van der Waals surface area contributed by atoms with Crippen LogP contribution in [0.15, 0.2) is 103 Å². The van der Waals surface area contributed by atoms with Crippen LogP contribution in [0.5, 0.6) is 0 Å². The number of carbonyl (C=O) groups is 1. The minimum absolute atomic E-state index is 0.0172. The third-order valence-corrected chi connectivity index (χ3v) is 5.74. The lowest BCUT2D eigenvalue weighted by molar-refractivity contribution is 0.0904. The first-order valence-electron chi connectivity index (χ1n) is 11.4. The second-order valence-corrected chi connectivity index (χ2v) is 8.15. The highest BCUT2D eigenvalue weighted by Crippen LogP contribution is 2.29. The lowest BCUT2D eigenvalue weighted by Crippen LogP contribution is -2.30. The molecule has 0 fully saturated rings. The number of hydrogen-bond acceptors (Lipinski definition) is 5. The van der Waals surface area contributed by atoms with Gasteiger partial charge < -0.3 is 15.7 Å². The lowest BCUT2D eigenvalue weighted by atomic mass is 10.1. The van der Waals surface area contributed by atoms with Crippen LogP contribution in [0.3, 0.4) is 0 Å². The number of fused-ring (bicyclic) bond motifs is 1. The van der Waals surface area contributed by atoms with Gasteiger partial charge in [-0.15, -0.1) is 5.10 Å². The third kappa shape index (κ3) is 5.05. The molecule has 35 heavy (non-hydrogen) atoms. The summed E-state index contributed by atoms with van der Waals surface area (Å²) in [5.41, 5.74) is 4.60. The summed E-state index contributed by atoms with van der Waals surface area (Å²) in [6.45, 7) is 0.596. The molecule has 0 aliphatic carbocycles. The molecular formula is C28H25N5O2. The Balaban J connectivity index is 1.45. The minimum atomic E-state index is -0.823. The molecule has 0 aliphatic rings. The molecule has 3 aromatic carbocycles. The van der Waals surface area contributed by atoms with Gasteiger partial charge in [-0.25, -0.2) is 9.50 Å². The van der Waals surface area contributed by atoms with Crippen LogP contribution in [0.4, 0.5) is 5.82 Å². The van der Waals surface area contributed by atoms with E-state index >= 15 is 0 Å². The summed E-state index contributed by atoms with van der Waals surface area (Å²) >= 11 is 0. The van der Waals surface area contributed by atoms with Gasteiger partial charge in [-0.2, -0.15) is 0 Å². The standard InChI is InChI=1S/C28H25N5O2/c34-24(22-14-8-3-9-15-22)19-30-28(35)27-31-26(29-18-20-10-4-1-5-11-20)25-23(16-17-33(25)32-27)21-12-6-2-7-13-21/h1-17,24,34H,18-19H2,(H,30,35)(H,29,31,32)/t24-/m0/s1. The SMILES string of the molecule is O=C(NC[C@H](O)c1ccccc1)c1nc(NCc2ccccc2)c2c(-c3ccccc3)ccn2n1. The maximum absolute atomic E-state index is 12.9. The average molecular weight is 464 g/mol. The largest absolute Gasteiger partial charge is 0.387 e. The monoisotopic (exact) mass is 463 g/mol. The van der Waals surface area contributed by atoms with Gasteiger partial charge in [0, 0.05) is 24.8 Å². The molecule has 1 amide bonds. The van der Waals surface area contributed by atoms with Crippen molar-refractivity contribution >= 4 is 17.2 Å². The number of carbonyl (C=O) groups excluding carboxylic acids is 1. The zero-order chi connectivity index (χ0) is 24.0. The Hall–Kier alpha value is -4.49. The summed E-state index contributed by atoms with van der Waals surface area (Å²) in [5, 5.41) is 21.0. The Morgan fingerprint density at radius 2 is 1.54 bits per heavy atom. The van der Waals surface area contributed by atoms with E-state index in [0.29, 0.717) is 12.4 Å². The zero-order valence-corrected chi connectivity index (χ0v) is 19.0. The summed E-state index contributed by atoms with van der Waals surface area (Å²) < 4.78 is 1.67. The van der Waals surface area contributed by atoms with E-state index in [9.17, 15) is 9.90 Å². The zero-order valence-electron chi connectivity index (χ0n) is 19.0. The molecule has 1 atom stereocenters. The summed E-state index contributed by atoms with van der Waals surface area (Å²) in [7, 11) is 0. The first-order valence-corrected chi connectivity index (χ1v) is 11.4. The van der Waals surface area contributed by atoms with Gasteiger partial charge in [0.1, 0.15) is 5.52 Å². The van der Waals surface area contributed by atoms with Gasteiger partial charge in [-0.1, -0.05) is 91.0 Å². The maximum Gasteiger partial charge on any atom is 0.291 e. The van der Waals surface area contributed by atoms with E-state index in [2.05, 4.69) is 20.7 Å². The number of aliphatic hydroxyl groups is 1. The average Bonchev–Trinajstić information content (AvgIpc) is 3.36. The van der Waals surface area contributed by atoms with Crippen molar-refractivity contribution in [1.82, 2.24) is 19.9 Å². The van der Waals surface area contributed by atoms with E-state index in [-0.39, 0.29) is 12.4 Å². The van der Waals surface area contributed by atoms with Gasteiger partial charge in [-0.05, 0) is 22.8 Å². The highest BCUT2D eigenvalue weighted by atomic mass is 16.3. The smallest absolute Gasteiger partial charge is 0.291 e. The molecule has 0 saturated carbocycles. The van der Waals surface area contributed by atoms with E-state index in [1.807, 2.05) is 103 Å². The van der Waals surface area contributed by atoms with E-state index in [1.165, 1.54) is 0 Å². The molecule has 0 unspecified atom stereocenters. The quantitative estimate of drug-likeness (QED) is 0.316. The third-order valence-electron chi connectivity index (χ3n) is 5.74. The molecule has 5 rings (SSSR count). The second-order valence-electron chi connectivity index (χ2n) is 8.15. The van der Waals surface area contributed by atoms with Crippen molar-refractivity contribution in [2.75, 3.05) is 11.9 Å². The summed E-state index contributed by atoms with van der Waals surface area (Å²) in [5.74, 6) is 0.115. The Morgan fingerprint density at radius 1 is 0.886 bits per heavy atom. The van der Waals surface area contributed by atoms with Crippen molar-refractivity contribution in [3.8, 4) is 11.1 Å². The van der Waals surface area contributed by atoms with E-state index < -0.39 is 12.0 Å². The van der Waals surface area contributed by atoms with Crippen molar-refractivity contribution in [1.29, 1.82) is 0 Å². The number of hydrogen-bond donors (Lipinski definition) is 3. The van der Waals surface area contributed by atoms with Crippen molar-refractivity contribution in [2.45, 2.75) is 12.6 Å². The molecule has 0 saturated heterocycles. The van der Waals surface area contributed by atoms with Crippen LogP contribution in [-0.4, -0.2) is 32.2 Å². The van der Waals surface area contributed by atoms with Crippen molar-refractivity contribution in [3.63, 3.8) is 0 Å². The number of aromatic nitrogens is 3. The van der Waals surface area contributed by atoms with Crippen molar-refractivity contribution < 1.29 is 9.90 Å². The molecule has 5 aromatic rings. The Labute approximate surface area is 203 Å². The highest BCUT2D eigenvalue weighted by molar-refractivity contribution is 5.93. The molecule has 2 aromatic heterocycles. The number of benzene rings is 3. The fraction of sp³-hybridized carbons (Fsp3) is 0.107. The molecule has 0 aliphatic heterocycles. The molecule has 3 N–H and O–H groups in total. The number of anilines is 1. The first kappa shape index (κ1) is 22.3. The van der Waals surface area contributed by atoms with Gasteiger partial charge in [-0.3, -0.25) is 4.79 Å². The van der Waals surface area contributed by atoms with Gasteiger partial charge in [0.2, 0.25) is 5.82 Å². The molecule has 7 nitrogen and oxygen atoms in total. The minimum Gasteiger partial charge on any atom is -0.387 e. The lowest BCUT2D eigenvalue weighted by Gasteiger charge is -2.13. The summed E-state index contributed by atoms with van der Waals surface area (Å²) in [6, 6.07) is 31.2. The summed E-state index contributed by atoms with van der Waals surface area (Å²) in [4.78, 5) is 17.5. The molecule has 2 heterocycles. The first-order chi connectivity index (χ1) is 17.2. The molecular weight excluding hydrogens is 438 g/mol. The van der Waals surface area contributed by atoms with Crippen molar-refractivity contribution in [3.05, 3.63) is 120 Å². The highest BCUT2D eigenvalue weighted by Gasteiger charge is 2.19. The van der Waals surface area contributed by atoms with Gasteiger partial charge in [0.25, 0.3) is 5.91 Å². The molecule has 174 valence electrons. The topological polar surface area (TPSA) is 91.5 Å². The van der Waals surface area contributed by atoms with Crippen LogP contribution < -0.4 is 10.6 Å². The predicted octanol–water partition coefficient (Wildman–Crippen LogP) is 4.47. The van der Waals surface area contributed by atoms with Crippen molar-refractivity contribution in [2.24, 2.45) is 0 Å². The van der Waals surface area contributed by atoms with Crippen LogP contribution >= 0.6 is 0 Å². The van der Waals surface area contributed by atoms with Gasteiger partial charge in [0.05, 0.1) is 6.10 Å². The van der Waals surface area contributed by atoms with Crippen LogP contribution in [0.1, 0.15) is 27.8 Å². The number of nitrogens with one attached hydrogen (secondary N) is 2. The number of rotatable bonds is 8. The Kier molecular flexibility index (Phi) is 6.50. The molecule has 0 radical (unpaired) electrons. The van der Waals surface area contributed by atoms with Crippen LogP contribution in [0.25, 0.3) is 16.6 Å². The van der Waals surface area contributed by atoms with Gasteiger partial charge in [0.15, 0.2) is 5.82 Å².